The molecule has 182 valence electrons. The van der Waals surface area contributed by atoms with Gasteiger partial charge in [0.05, 0.1) is 29.6 Å². The van der Waals surface area contributed by atoms with Crippen LogP contribution in [0.4, 0.5) is 11.4 Å². The molecule has 0 radical (unpaired) electrons. The summed E-state index contributed by atoms with van der Waals surface area (Å²) < 4.78 is 2.03. The molecule has 1 aliphatic rings. The molecule has 0 saturated heterocycles. The van der Waals surface area contributed by atoms with Crippen molar-refractivity contribution in [3.63, 3.8) is 0 Å². The monoisotopic (exact) mass is 480 g/mol. The van der Waals surface area contributed by atoms with E-state index in [4.69, 9.17) is 0 Å². The van der Waals surface area contributed by atoms with E-state index in [0.29, 0.717) is 24.4 Å². The van der Waals surface area contributed by atoms with Crippen LogP contribution in [-0.2, 0) is 11.3 Å². The van der Waals surface area contributed by atoms with E-state index in [0.717, 1.165) is 27.8 Å². The minimum absolute atomic E-state index is 0.161. The van der Waals surface area contributed by atoms with Gasteiger partial charge in [0.25, 0.3) is 5.91 Å². The summed E-state index contributed by atoms with van der Waals surface area (Å²) in [4.78, 5) is 15.1. The van der Waals surface area contributed by atoms with Crippen LogP contribution in [0.3, 0.4) is 0 Å². The van der Waals surface area contributed by atoms with Crippen molar-refractivity contribution >= 4 is 40.0 Å². The lowest BCUT2D eigenvalue weighted by molar-refractivity contribution is -0.114. The summed E-state index contributed by atoms with van der Waals surface area (Å²) in [6, 6.07) is 24.3. The van der Waals surface area contributed by atoms with Crippen LogP contribution >= 0.6 is 0 Å². The van der Waals surface area contributed by atoms with E-state index < -0.39 is 6.10 Å². The maximum absolute atomic E-state index is 13.2. The lowest BCUT2D eigenvalue weighted by Crippen LogP contribution is -2.31. The molecule has 4 aromatic rings. The van der Waals surface area contributed by atoms with Crippen molar-refractivity contribution in [2.75, 3.05) is 23.5 Å². The lowest BCUT2D eigenvalue weighted by Gasteiger charge is -2.23. The molecule has 5 rings (SSSR count). The van der Waals surface area contributed by atoms with Crippen molar-refractivity contribution in [1.29, 1.82) is 0 Å². The smallest absolute Gasteiger partial charge is 0.280 e. The Kier molecular flexibility index (Phi) is 6.31. The van der Waals surface area contributed by atoms with Gasteiger partial charge in [-0.15, -0.1) is 0 Å². The highest BCUT2D eigenvalue weighted by atomic mass is 16.3. The first kappa shape index (κ1) is 23.4. The molecule has 1 amide bonds. The second-order valence-electron chi connectivity index (χ2n) is 9.00. The van der Waals surface area contributed by atoms with Gasteiger partial charge < -0.3 is 19.7 Å². The number of aliphatic hydroxyl groups excluding tert-OH is 1. The van der Waals surface area contributed by atoms with Gasteiger partial charge in [0.2, 0.25) is 0 Å². The topological polar surface area (TPSA) is 81.3 Å². The first-order chi connectivity index (χ1) is 17.4. The summed E-state index contributed by atoms with van der Waals surface area (Å²) in [6.45, 7) is 2.65. The number of nitrogens with zero attached hydrogens (tertiary/aromatic N) is 4. The molecule has 1 aliphatic heterocycles. The average Bonchev–Trinajstić information content (AvgIpc) is 3.37. The number of fused-ring (bicyclic) bond motifs is 1. The number of rotatable bonds is 7. The molecule has 0 bridgehead atoms. The van der Waals surface area contributed by atoms with Crippen molar-refractivity contribution in [2.45, 2.75) is 19.6 Å². The summed E-state index contributed by atoms with van der Waals surface area (Å²) in [5.41, 5.74) is 4.74. The lowest BCUT2D eigenvalue weighted by atomic mass is 10.1. The van der Waals surface area contributed by atoms with Crippen LogP contribution in [0.5, 0.6) is 5.75 Å². The van der Waals surface area contributed by atoms with Crippen molar-refractivity contribution in [3.05, 3.63) is 96.2 Å². The second kappa shape index (κ2) is 9.71. The van der Waals surface area contributed by atoms with Crippen molar-refractivity contribution in [1.82, 2.24) is 4.57 Å². The van der Waals surface area contributed by atoms with Gasteiger partial charge in [0.1, 0.15) is 5.75 Å². The largest absolute Gasteiger partial charge is 0.508 e. The van der Waals surface area contributed by atoms with E-state index in [1.165, 1.54) is 5.01 Å². The number of likely N-dealkylation sites (N-methyl/N-ethyl adjacent to an activating group) is 1. The van der Waals surface area contributed by atoms with Gasteiger partial charge in [-0.05, 0) is 55.5 Å². The fourth-order valence-electron chi connectivity index (χ4n) is 4.54. The SMILES string of the molecule is CC1=NN(c2ccccc2)C(=O)C1=Cc1cn(CC(O)CN(C)c2ccc(O)cc2)c2ccccc12. The fourth-order valence-corrected chi connectivity index (χ4v) is 4.54. The van der Waals surface area contributed by atoms with E-state index in [1.54, 1.807) is 12.1 Å². The Morgan fingerprint density at radius 1 is 1.00 bits per heavy atom. The van der Waals surface area contributed by atoms with Gasteiger partial charge in [-0.3, -0.25) is 4.79 Å². The molecule has 36 heavy (non-hydrogen) atoms. The number of aromatic hydroxyl groups is 1. The van der Waals surface area contributed by atoms with E-state index >= 15 is 0 Å². The number of hydrogen-bond donors (Lipinski definition) is 2. The second-order valence-corrected chi connectivity index (χ2v) is 9.00. The number of carbonyl (C=O) groups excluding carboxylic acids is 1. The zero-order valence-electron chi connectivity index (χ0n) is 20.2. The number of anilines is 2. The minimum atomic E-state index is -0.634. The number of aromatic nitrogens is 1. The molecule has 3 aromatic carbocycles. The van der Waals surface area contributed by atoms with Gasteiger partial charge in [-0.2, -0.15) is 10.1 Å². The summed E-state index contributed by atoms with van der Waals surface area (Å²) in [5.74, 6) is 0.0483. The van der Waals surface area contributed by atoms with Crippen LogP contribution < -0.4 is 9.91 Å². The zero-order chi connectivity index (χ0) is 25.2. The standard InChI is InChI=1S/C29H28N4O3/c1-20-27(29(36)33(30-20)23-8-4-3-5-9-23)16-21-17-32(28-11-7-6-10-26(21)28)19-25(35)18-31(2)22-12-14-24(34)15-13-22/h3-17,25,34-35H,18-19H2,1-2H3. The third kappa shape index (κ3) is 4.61. The first-order valence-corrected chi connectivity index (χ1v) is 11.8. The van der Waals surface area contributed by atoms with Gasteiger partial charge in [0.15, 0.2) is 0 Å². The molecule has 7 heteroatoms. The number of hydrazone groups is 1. The van der Waals surface area contributed by atoms with Crippen LogP contribution in [0.1, 0.15) is 12.5 Å². The highest BCUT2D eigenvalue weighted by molar-refractivity contribution is 6.32. The maximum Gasteiger partial charge on any atom is 0.280 e. The van der Waals surface area contributed by atoms with E-state index in [1.807, 2.05) is 102 Å². The third-order valence-corrected chi connectivity index (χ3v) is 6.37. The number of aliphatic hydroxyl groups is 1. The molecule has 0 fully saturated rings. The molecular formula is C29H28N4O3. The normalized spacial score (nSPS) is 15.5. The Balaban J connectivity index is 1.40. The average molecular weight is 481 g/mol. The highest BCUT2D eigenvalue weighted by Gasteiger charge is 2.29. The zero-order valence-corrected chi connectivity index (χ0v) is 20.2. The van der Waals surface area contributed by atoms with Gasteiger partial charge >= 0.3 is 0 Å². The van der Waals surface area contributed by atoms with Crippen LogP contribution in [0.2, 0.25) is 0 Å². The van der Waals surface area contributed by atoms with Crippen molar-refractivity contribution < 1.29 is 15.0 Å². The fraction of sp³-hybridized carbons (Fsp3) is 0.172. The highest BCUT2D eigenvalue weighted by Crippen LogP contribution is 2.28. The number of para-hydroxylation sites is 2. The Morgan fingerprint density at radius 3 is 2.44 bits per heavy atom. The van der Waals surface area contributed by atoms with Crippen molar-refractivity contribution in [3.8, 4) is 5.75 Å². The predicted octanol–water partition coefficient (Wildman–Crippen LogP) is 4.65. The van der Waals surface area contributed by atoms with E-state index in [9.17, 15) is 15.0 Å². The molecular weight excluding hydrogens is 452 g/mol. The summed E-state index contributed by atoms with van der Waals surface area (Å²) in [7, 11) is 1.91. The third-order valence-electron chi connectivity index (χ3n) is 6.37. The maximum atomic E-state index is 13.2. The number of phenols is 1. The summed E-state index contributed by atoms with van der Waals surface area (Å²) in [5, 5.41) is 27.3. The molecule has 1 aromatic heterocycles. The van der Waals surface area contributed by atoms with Gasteiger partial charge in [0, 0.05) is 41.9 Å². The quantitative estimate of drug-likeness (QED) is 0.377. The summed E-state index contributed by atoms with van der Waals surface area (Å²) >= 11 is 0. The molecule has 2 heterocycles. The van der Waals surface area contributed by atoms with Crippen LogP contribution in [0.15, 0.2) is 95.7 Å². The van der Waals surface area contributed by atoms with Gasteiger partial charge in [-0.25, -0.2) is 0 Å². The van der Waals surface area contributed by atoms with E-state index in [2.05, 4.69) is 5.10 Å². The molecule has 0 spiro atoms. The molecule has 0 saturated carbocycles. The Labute approximate surface area is 209 Å². The van der Waals surface area contributed by atoms with Crippen LogP contribution in [-0.4, -0.2) is 46.1 Å². The van der Waals surface area contributed by atoms with Gasteiger partial charge in [-0.1, -0.05) is 36.4 Å². The van der Waals surface area contributed by atoms with Crippen LogP contribution in [0, 0.1) is 0 Å². The first-order valence-electron chi connectivity index (χ1n) is 11.8. The molecule has 1 unspecified atom stereocenters. The molecule has 2 N–H and O–H groups in total. The number of carbonyl (C=O) groups is 1. The van der Waals surface area contributed by atoms with Crippen molar-refractivity contribution in [2.24, 2.45) is 5.10 Å². The molecule has 0 aliphatic carbocycles. The number of hydrogen-bond acceptors (Lipinski definition) is 5. The van der Waals surface area contributed by atoms with E-state index in [-0.39, 0.29) is 11.7 Å². The van der Waals surface area contributed by atoms with Crippen LogP contribution in [0.25, 0.3) is 17.0 Å². The molecule has 1 atom stereocenters. The number of amides is 1. The Hall–Kier alpha value is -4.36. The predicted molar refractivity (Wildman–Crippen MR) is 144 cm³/mol. The minimum Gasteiger partial charge on any atom is -0.508 e. The Bertz CT molecular complexity index is 1460. The number of benzene rings is 3. The Morgan fingerprint density at radius 2 is 1.69 bits per heavy atom. The number of phenolic OH excluding ortho intramolecular Hbond substituents is 1. The summed E-state index contributed by atoms with van der Waals surface area (Å²) in [6.07, 6.45) is 3.23. The molecule has 7 nitrogen and oxygen atoms in total.